The quantitative estimate of drug-likeness (QED) is 0.652. The van der Waals surface area contributed by atoms with Crippen molar-refractivity contribution >= 4 is 12.0 Å². The van der Waals surface area contributed by atoms with Crippen LogP contribution in [0.5, 0.6) is 0 Å². The molecule has 0 saturated heterocycles. The molecule has 0 aliphatic carbocycles. The lowest BCUT2D eigenvalue weighted by Crippen LogP contribution is -2.58. The lowest BCUT2D eigenvalue weighted by Gasteiger charge is -2.34. The number of urea groups is 1. The molecule has 0 unspecified atom stereocenters. The van der Waals surface area contributed by atoms with Gasteiger partial charge < -0.3 is 20.6 Å². The molecule has 0 aromatic rings. The first kappa shape index (κ1) is 17.7. The van der Waals surface area contributed by atoms with Crippen LogP contribution in [-0.2, 0) is 4.79 Å². The largest absolute Gasteiger partial charge is 0.480 e. The summed E-state index contributed by atoms with van der Waals surface area (Å²) in [6.45, 7) is 7.94. The van der Waals surface area contributed by atoms with Crippen molar-refractivity contribution in [3.05, 3.63) is 0 Å². The van der Waals surface area contributed by atoms with Crippen LogP contribution in [0.15, 0.2) is 0 Å². The molecule has 0 aromatic heterocycles. The van der Waals surface area contributed by atoms with Crippen molar-refractivity contribution in [2.45, 2.75) is 51.6 Å². The molecule has 6 heteroatoms. The highest BCUT2D eigenvalue weighted by Crippen LogP contribution is 2.15. The van der Waals surface area contributed by atoms with Crippen LogP contribution in [0.4, 0.5) is 4.79 Å². The Balaban J connectivity index is 4.58. The van der Waals surface area contributed by atoms with E-state index in [0.717, 1.165) is 0 Å². The lowest BCUT2D eigenvalue weighted by molar-refractivity contribution is -0.144. The SMILES string of the molecule is CCC(CC)(NC(=O)NCC(C)(C)N(C)C)C(=O)O. The molecule has 6 nitrogen and oxygen atoms in total. The van der Waals surface area contributed by atoms with Crippen molar-refractivity contribution in [3.8, 4) is 0 Å². The van der Waals surface area contributed by atoms with E-state index in [-0.39, 0.29) is 5.54 Å². The van der Waals surface area contributed by atoms with Gasteiger partial charge in [0.2, 0.25) is 0 Å². The number of amides is 2. The third-order valence-electron chi connectivity index (χ3n) is 3.86. The van der Waals surface area contributed by atoms with Gasteiger partial charge in [-0.05, 0) is 40.8 Å². The zero-order valence-electron chi connectivity index (χ0n) is 12.8. The Kier molecular flexibility index (Phi) is 6.29. The predicted octanol–water partition coefficient (Wildman–Crippen LogP) is 1.27. The molecule has 112 valence electrons. The molecule has 0 aromatic carbocycles. The summed E-state index contributed by atoms with van der Waals surface area (Å²) in [5.74, 6) is -1.00. The molecule has 0 fully saturated rings. The third kappa shape index (κ3) is 4.70. The molecule has 0 rings (SSSR count). The number of rotatable bonds is 7. The van der Waals surface area contributed by atoms with Crippen molar-refractivity contribution in [1.82, 2.24) is 15.5 Å². The van der Waals surface area contributed by atoms with Gasteiger partial charge in [0.15, 0.2) is 0 Å². The number of hydrogen-bond acceptors (Lipinski definition) is 3. The van der Waals surface area contributed by atoms with Crippen LogP contribution in [0.3, 0.4) is 0 Å². The average Bonchev–Trinajstić information content (AvgIpc) is 2.33. The minimum Gasteiger partial charge on any atom is -0.480 e. The molecule has 0 aliphatic rings. The normalized spacial score (nSPS) is 12.4. The number of carbonyl (C=O) groups excluding carboxylic acids is 1. The van der Waals surface area contributed by atoms with Crippen LogP contribution in [0.1, 0.15) is 40.5 Å². The van der Waals surface area contributed by atoms with Crippen molar-refractivity contribution < 1.29 is 14.7 Å². The standard InChI is InChI=1S/C13H27N3O3/c1-7-13(8-2,10(17)18)15-11(19)14-9-12(3,4)16(5)6/h7-9H2,1-6H3,(H,17,18)(H2,14,15,19). The second kappa shape index (κ2) is 6.75. The highest BCUT2D eigenvalue weighted by Gasteiger charge is 2.36. The summed E-state index contributed by atoms with van der Waals surface area (Å²) in [7, 11) is 3.86. The first-order chi connectivity index (χ1) is 8.61. The van der Waals surface area contributed by atoms with Crippen molar-refractivity contribution in [3.63, 3.8) is 0 Å². The molecule has 2 amide bonds. The third-order valence-corrected chi connectivity index (χ3v) is 3.86. The summed E-state index contributed by atoms with van der Waals surface area (Å²) >= 11 is 0. The Hall–Kier alpha value is -1.30. The topological polar surface area (TPSA) is 81.7 Å². The van der Waals surface area contributed by atoms with E-state index < -0.39 is 17.5 Å². The first-order valence-electron chi connectivity index (χ1n) is 6.58. The first-order valence-corrected chi connectivity index (χ1v) is 6.58. The van der Waals surface area contributed by atoms with E-state index in [1.54, 1.807) is 13.8 Å². The van der Waals surface area contributed by atoms with Crippen LogP contribution in [0.2, 0.25) is 0 Å². The van der Waals surface area contributed by atoms with Gasteiger partial charge in [0.05, 0.1) is 0 Å². The van der Waals surface area contributed by atoms with Gasteiger partial charge >= 0.3 is 12.0 Å². The van der Waals surface area contributed by atoms with E-state index in [1.165, 1.54) is 0 Å². The van der Waals surface area contributed by atoms with E-state index in [0.29, 0.717) is 19.4 Å². The fourth-order valence-electron chi connectivity index (χ4n) is 1.50. The zero-order valence-corrected chi connectivity index (χ0v) is 12.8. The maximum atomic E-state index is 11.8. The number of nitrogens with one attached hydrogen (secondary N) is 2. The van der Waals surface area contributed by atoms with Crippen LogP contribution in [0, 0.1) is 0 Å². The summed E-state index contributed by atoms with van der Waals surface area (Å²) in [6.07, 6.45) is 0.701. The molecular formula is C13H27N3O3. The minimum absolute atomic E-state index is 0.193. The van der Waals surface area contributed by atoms with E-state index in [4.69, 9.17) is 0 Å². The second-order valence-electron chi connectivity index (χ2n) is 5.61. The van der Waals surface area contributed by atoms with Gasteiger partial charge in [-0.2, -0.15) is 0 Å². The van der Waals surface area contributed by atoms with Gasteiger partial charge in [0, 0.05) is 12.1 Å². The van der Waals surface area contributed by atoms with Gasteiger partial charge in [-0.25, -0.2) is 9.59 Å². The molecule has 0 radical (unpaired) electrons. The molecule has 0 spiro atoms. The Morgan fingerprint density at radius 3 is 1.95 bits per heavy atom. The monoisotopic (exact) mass is 273 g/mol. The molecule has 0 bridgehead atoms. The lowest BCUT2D eigenvalue weighted by atomic mass is 9.93. The molecular weight excluding hydrogens is 246 g/mol. The molecule has 0 saturated carbocycles. The number of carboxylic acids is 1. The summed E-state index contributed by atoms with van der Waals surface area (Å²) in [4.78, 5) is 25.1. The highest BCUT2D eigenvalue weighted by molar-refractivity contribution is 5.86. The van der Waals surface area contributed by atoms with Gasteiger partial charge in [-0.15, -0.1) is 0 Å². The average molecular weight is 273 g/mol. The van der Waals surface area contributed by atoms with Crippen LogP contribution in [0.25, 0.3) is 0 Å². The Labute approximate surface area is 115 Å². The zero-order chi connectivity index (χ0) is 15.3. The maximum absolute atomic E-state index is 11.8. The molecule has 0 atom stereocenters. The number of aliphatic carboxylic acids is 1. The van der Waals surface area contributed by atoms with E-state index >= 15 is 0 Å². The fourth-order valence-corrected chi connectivity index (χ4v) is 1.50. The summed E-state index contributed by atoms with van der Waals surface area (Å²) in [5, 5.41) is 14.5. The second-order valence-corrected chi connectivity index (χ2v) is 5.61. The van der Waals surface area contributed by atoms with Crippen molar-refractivity contribution in [2.75, 3.05) is 20.6 Å². The predicted molar refractivity (Wildman–Crippen MR) is 75.2 cm³/mol. The van der Waals surface area contributed by atoms with Gasteiger partial charge in [0.25, 0.3) is 0 Å². The number of carbonyl (C=O) groups is 2. The van der Waals surface area contributed by atoms with Crippen molar-refractivity contribution in [1.29, 1.82) is 0 Å². The summed E-state index contributed by atoms with van der Waals surface area (Å²) in [6, 6.07) is -0.443. The van der Waals surface area contributed by atoms with Crippen LogP contribution in [-0.4, -0.2) is 53.7 Å². The van der Waals surface area contributed by atoms with Gasteiger partial charge in [-0.1, -0.05) is 13.8 Å². The number of likely N-dealkylation sites (N-methyl/N-ethyl adjacent to an activating group) is 1. The Morgan fingerprint density at radius 2 is 1.63 bits per heavy atom. The highest BCUT2D eigenvalue weighted by atomic mass is 16.4. The summed E-state index contributed by atoms with van der Waals surface area (Å²) in [5.41, 5.74) is -1.38. The van der Waals surface area contributed by atoms with Crippen LogP contribution >= 0.6 is 0 Å². The smallest absolute Gasteiger partial charge is 0.329 e. The number of hydrogen-bond donors (Lipinski definition) is 3. The molecule has 0 heterocycles. The van der Waals surface area contributed by atoms with Gasteiger partial charge in [-0.3, -0.25) is 0 Å². The van der Waals surface area contributed by atoms with E-state index in [2.05, 4.69) is 10.6 Å². The Bertz CT molecular complexity index is 323. The minimum atomic E-state index is -1.19. The number of nitrogens with zero attached hydrogens (tertiary/aromatic N) is 1. The molecule has 19 heavy (non-hydrogen) atoms. The maximum Gasteiger partial charge on any atom is 0.329 e. The number of carboxylic acid groups (broad SMARTS) is 1. The molecule has 0 aliphatic heterocycles. The summed E-state index contributed by atoms with van der Waals surface area (Å²) < 4.78 is 0. The van der Waals surface area contributed by atoms with E-state index in [9.17, 15) is 14.7 Å². The van der Waals surface area contributed by atoms with Gasteiger partial charge in [0.1, 0.15) is 5.54 Å². The van der Waals surface area contributed by atoms with Crippen molar-refractivity contribution in [2.24, 2.45) is 0 Å². The van der Waals surface area contributed by atoms with Crippen LogP contribution < -0.4 is 10.6 Å². The molecule has 3 N–H and O–H groups in total. The fraction of sp³-hybridized carbons (Fsp3) is 0.846. The van der Waals surface area contributed by atoms with E-state index in [1.807, 2.05) is 32.8 Å². The Morgan fingerprint density at radius 1 is 1.16 bits per heavy atom.